The van der Waals surface area contributed by atoms with Crippen LogP contribution in [0, 0.1) is 51.0 Å². The van der Waals surface area contributed by atoms with Gasteiger partial charge in [0, 0.05) is 9.93 Å². The Kier molecular flexibility index (Phi) is 40.4. The third kappa shape index (κ3) is 26.9. The van der Waals surface area contributed by atoms with E-state index in [-0.39, 0.29) is 0 Å². The van der Waals surface area contributed by atoms with Gasteiger partial charge in [-0.15, -0.1) is 0 Å². The van der Waals surface area contributed by atoms with Crippen LogP contribution in [0.15, 0.2) is 0 Å². The second-order valence-corrected chi connectivity index (χ2v) is 14.6. The zero-order valence-corrected chi connectivity index (χ0v) is 31.8. The SMILES string of the molecule is CCCC[N+](CCCC)(CCCC)CCCC.CCCC[N+](CCCC)(CCCC)CCCC.N#[C][Co-2]([C]#N)([C]#N)[C]#N.O=O. The molecule has 45 heavy (non-hydrogen) atoms. The minimum absolute atomic E-state index is 1.35. The van der Waals surface area contributed by atoms with Crippen LogP contribution in [0.5, 0.6) is 0 Å². The molecule has 267 valence electrons. The van der Waals surface area contributed by atoms with Crippen LogP contribution in [0.25, 0.3) is 0 Å². The summed E-state index contributed by atoms with van der Waals surface area (Å²) < 4.78 is 2.84. The van der Waals surface area contributed by atoms with E-state index in [0.717, 1.165) is 0 Å². The first-order valence-corrected chi connectivity index (χ1v) is 20.0. The van der Waals surface area contributed by atoms with Crippen molar-refractivity contribution in [3.63, 3.8) is 0 Å². The van der Waals surface area contributed by atoms with E-state index >= 15 is 0 Å². The summed E-state index contributed by atoms with van der Waals surface area (Å²) in [6, 6.07) is 0. The molecule has 0 rings (SSSR count). The number of hydrogen-bond acceptors (Lipinski definition) is 6. The Bertz CT molecular complexity index is 640. The predicted octanol–water partition coefficient (Wildman–Crippen LogP) is 10.1. The van der Waals surface area contributed by atoms with E-state index in [0.29, 0.717) is 0 Å². The molecule has 0 saturated heterocycles. The zero-order valence-electron chi connectivity index (χ0n) is 30.8. The number of quaternary nitrogens is 2. The Morgan fingerprint density at radius 2 is 0.489 bits per heavy atom. The summed E-state index contributed by atoms with van der Waals surface area (Å²) in [5.41, 5.74) is 0. The van der Waals surface area contributed by atoms with Gasteiger partial charge in [-0.25, -0.2) is 0 Å². The normalized spacial score (nSPS) is 11.0. The van der Waals surface area contributed by atoms with Crippen LogP contribution in [0.1, 0.15) is 158 Å². The molecule has 0 saturated carbocycles. The van der Waals surface area contributed by atoms with E-state index in [2.05, 4.69) is 55.4 Å². The standard InChI is InChI=1S/2C16H36N.4CN.Co.O2/c2*1-5-9-13-17(14-10-6-2,15-11-7-3)16-12-8-4;4*1-2;;1-2/h2*5-16H2,1-4H3;;;;;;/q2*+1;;;;;-2;. The molecular formula is C36H72CoN6O2. The molecule has 0 aromatic carbocycles. The average molecular weight is 680 g/mol. The van der Waals surface area contributed by atoms with Crippen LogP contribution in [0.4, 0.5) is 0 Å². The maximum absolute atomic E-state index is 8.11. The first-order valence-electron chi connectivity index (χ1n) is 17.9. The van der Waals surface area contributed by atoms with Crippen molar-refractivity contribution in [2.75, 3.05) is 52.4 Å². The van der Waals surface area contributed by atoms with Gasteiger partial charge in [-0.3, -0.25) is 0 Å². The molecule has 0 aliphatic rings. The number of nitriles is 4. The molecule has 0 unspecified atom stereocenters. The zero-order chi connectivity index (χ0) is 35.3. The third-order valence-corrected chi connectivity index (χ3v) is 9.73. The van der Waals surface area contributed by atoms with E-state index in [4.69, 9.17) is 31.0 Å². The summed E-state index contributed by atoms with van der Waals surface area (Å²) in [5, 5.41) is 38.0. The number of hydrogen-bond donors (Lipinski definition) is 0. The van der Waals surface area contributed by atoms with Crippen molar-refractivity contribution in [2.24, 2.45) is 0 Å². The second kappa shape index (κ2) is 36.5. The molecular weight excluding hydrogens is 607 g/mol. The van der Waals surface area contributed by atoms with Crippen LogP contribution < -0.4 is 0 Å². The quantitative estimate of drug-likeness (QED) is 0.0934. The van der Waals surface area contributed by atoms with Gasteiger partial charge in [-0.05, 0) is 51.4 Å². The average Bonchev–Trinajstić information content (AvgIpc) is 3.09. The molecule has 0 aliphatic carbocycles. The largest absolute Gasteiger partial charge is 0 e. The fourth-order valence-electron chi connectivity index (χ4n) is 5.39. The summed E-state index contributed by atoms with van der Waals surface area (Å²) >= 11 is -3.18. The van der Waals surface area contributed by atoms with Crippen molar-refractivity contribution < 1.29 is 21.6 Å². The molecule has 0 N–H and O–H groups in total. The number of rotatable bonds is 24. The van der Waals surface area contributed by atoms with Gasteiger partial charge in [-0.2, -0.15) is 0 Å². The van der Waals surface area contributed by atoms with E-state index in [1.54, 1.807) is 0 Å². The molecule has 0 aromatic rings. The van der Waals surface area contributed by atoms with Crippen molar-refractivity contribution >= 4 is 0 Å². The summed E-state index contributed by atoms with van der Waals surface area (Å²) in [7, 11) is 0. The molecule has 0 radical (unpaired) electrons. The van der Waals surface area contributed by atoms with Crippen LogP contribution in [-0.2, 0) is 12.6 Å². The van der Waals surface area contributed by atoms with Crippen LogP contribution in [0.2, 0.25) is 0 Å². The molecule has 0 aromatic heterocycles. The summed E-state index contributed by atoms with van der Waals surface area (Å²) in [6.07, 6.45) is 22.1. The van der Waals surface area contributed by atoms with E-state index in [1.165, 1.54) is 184 Å². The number of nitrogens with zero attached hydrogens (tertiary/aromatic N) is 6. The van der Waals surface area contributed by atoms with Crippen LogP contribution in [-0.4, -0.2) is 61.3 Å². The van der Waals surface area contributed by atoms with E-state index in [9.17, 15) is 0 Å². The number of unbranched alkanes of at least 4 members (excludes halogenated alkanes) is 8. The van der Waals surface area contributed by atoms with Crippen molar-refractivity contribution in [1.82, 2.24) is 0 Å². The smallest absolute Gasteiger partial charge is 0 e. The summed E-state index contributed by atoms with van der Waals surface area (Å²) in [6.45, 7) is 30.0. The topological polar surface area (TPSA) is 129 Å². The monoisotopic (exact) mass is 680 g/mol. The Morgan fingerprint density at radius 1 is 0.356 bits per heavy atom. The molecule has 0 atom stereocenters. The molecule has 8 nitrogen and oxygen atoms in total. The molecule has 0 heterocycles. The molecule has 0 spiro atoms. The fraction of sp³-hybridized carbons (Fsp3) is 0.889. The molecule has 0 aliphatic heterocycles. The first kappa shape index (κ1) is 49.9. The van der Waals surface area contributed by atoms with Gasteiger partial charge in [0.25, 0.3) is 0 Å². The van der Waals surface area contributed by atoms with Gasteiger partial charge in [-0.1, -0.05) is 107 Å². The van der Waals surface area contributed by atoms with Crippen molar-refractivity contribution in [3.05, 3.63) is 9.93 Å². The first-order chi connectivity index (χ1) is 21.7. The second-order valence-electron chi connectivity index (χ2n) is 12.1. The van der Waals surface area contributed by atoms with Crippen molar-refractivity contribution in [2.45, 2.75) is 158 Å². The maximum atomic E-state index is 8.11. The molecule has 0 bridgehead atoms. The summed E-state index contributed by atoms with van der Waals surface area (Å²) in [4.78, 5) is 14.0. The van der Waals surface area contributed by atoms with E-state index < -0.39 is 12.6 Å². The molecule has 0 fully saturated rings. The molecule has 9 heteroatoms. The Hall–Kier alpha value is -2.01. The third-order valence-electron chi connectivity index (χ3n) is 8.34. The molecule has 0 amide bonds. The van der Waals surface area contributed by atoms with Gasteiger partial charge in [0.2, 0.25) is 0 Å². The van der Waals surface area contributed by atoms with Gasteiger partial charge in [0.05, 0.1) is 52.4 Å². The summed E-state index contributed by atoms with van der Waals surface area (Å²) in [5.74, 6) is 0. The van der Waals surface area contributed by atoms with Gasteiger partial charge >= 0.3 is 53.7 Å². The van der Waals surface area contributed by atoms with Crippen LogP contribution >= 0.6 is 0 Å². The van der Waals surface area contributed by atoms with Gasteiger partial charge in [0.15, 0.2) is 0 Å². The van der Waals surface area contributed by atoms with E-state index in [1.807, 2.05) is 0 Å². The van der Waals surface area contributed by atoms with Gasteiger partial charge < -0.3 is 8.97 Å². The van der Waals surface area contributed by atoms with Gasteiger partial charge in [0.1, 0.15) is 0 Å². The minimum Gasteiger partial charge on any atom is 0 e. The Balaban J connectivity index is -0.000000285. The predicted molar refractivity (Wildman–Crippen MR) is 188 cm³/mol. The fourth-order valence-corrected chi connectivity index (χ4v) is 5.70. The van der Waals surface area contributed by atoms with Crippen molar-refractivity contribution in [1.29, 1.82) is 21.0 Å². The Morgan fingerprint density at radius 3 is 0.556 bits per heavy atom. The van der Waals surface area contributed by atoms with Crippen LogP contribution in [0.3, 0.4) is 0 Å². The Labute approximate surface area is 282 Å². The maximum Gasteiger partial charge on any atom is 0 e. The van der Waals surface area contributed by atoms with Crippen molar-refractivity contribution in [3.8, 4) is 20.0 Å². The minimum atomic E-state index is -3.18.